The highest BCUT2D eigenvalue weighted by molar-refractivity contribution is 6.30. The SMILES string of the molecule is CCC1(CNC(=O)C(C)Cl)CC1. The van der Waals surface area contributed by atoms with Crippen LogP contribution in [0, 0.1) is 5.41 Å². The lowest BCUT2D eigenvalue weighted by Gasteiger charge is -2.13. The second-order valence-corrected chi connectivity index (χ2v) is 4.34. The van der Waals surface area contributed by atoms with Gasteiger partial charge >= 0.3 is 0 Å². The minimum atomic E-state index is -0.405. The van der Waals surface area contributed by atoms with Gasteiger partial charge in [0.05, 0.1) is 0 Å². The second kappa shape index (κ2) is 3.65. The lowest BCUT2D eigenvalue weighted by molar-refractivity contribution is -0.120. The molecule has 12 heavy (non-hydrogen) atoms. The van der Waals surface area contributed by atoms with Crippen LogP contribution in [0.5, 0.6) is 0 Å². The maximum Gasteiger partial charge on any atom is 0.237 e. The van der Waals surface area contributed by atoms with E-state index in [9.17, 15) is 4.79 Å². The molecule has 1 saturated carbocycles. The van der Waals surface area contributed by atoms with E-state index in [0.29, 0.717) is 5.41 Å². The number of nitrogens with one attached hydrogen (secondary N) is 1. The van der Waals surface area contributed by atoms with Crippen LogP contribution in [0.1, 0.15) is 33.1 Å². The van der Waals surface area contributed by atoms with Crippen LogP contribution in [0.3, 0.4) is 0 Å². The zero-order valence-corrected chi connectivity index (χ0v) is 8.45. The van der Waals surface area contributed by atoms with Gasteiger partial charge in [-0.25, -0.2) is 0 Å². The van der Waals surface area contributed by atoms with Crippen molar-refractivity contribution in [3.05, 3.63) is 0 Å². The Morgan fingerprint density at radius 2 is 2.25 bits per heavy atom. The zero-order chi connectivity index (χ0) is 9.19. The predicted octanol–water partition coefficient (Wildman–Crippen LogP) is 1.92. The topological polar surface area (TPSA) is 29.1 Å². The van der Waals surface area contributed by atoms with E-state index >= 15 is 0 Å². The normalized spacial score (nSPS) is 21.6. The molecule has 1 fully saturated rings. The number of rotatable bonds is 4. The number of carbonyl (C=O) groups excluding carboxylic acids is 1. The summed E-state index contributed by atoms with van der Waals surface area (Å²) in [4.78, 5) is 11.1. The maximum atomic E-state index is 11.1. The van der Waals surface area contributed by atoms with Gasteiger partial charge in [-0.3, -0.25) is 4.79 Å². The Hall–Kier alpha value is -0.240. The summed E-state index contributed by atoms with van der Waals surface area (Å²) in [5.41, 5.74) is 0.418. The maximum absolute atomic E-state index is 11.1. The highest BCUT2D eigenvalue weighted by atomic mass is 35.5. The monoisotopic (exact) mass is 189 g/mol. The number of halogens is 1. The molecule has 1 rings (SSSR count). The molecule has 3 heteroatoms. The van der Waals surface area contributed by atoms with Crippen LogP contribution in [0.2, 0.25) is 0 Å². The van der Waals surface area contributed by atoms with Crippen molar-refractivity contribution in [2.45, 2.75) is 38.5 Å². The fourth-order valence-electron chi connectivity index (χ4n) is 1.25. The molecule has 1 aliphatic rings. The number of carbonyl (C=O) groups is 1. The Morgan fingerprint density at radius 3 is 2.58 bits per heavy atom. The van der Waals surface area contributed by atoms with E-state index in [1.165, 1.54) is 12.8 Å². The van der Waals surface area contributed by atoms with Crippen molar-refractivity contribution < 1.29 is 4.79 Å². The highest BCUT2D eigenvalue weighted by Crippen LogP contribution is 2.47. The van der Waals surface area contributed by atoms with Gasteiger partial charge in [-0.15, -0.1) is 11.6 Å². The number of hydrogen-bond donors (Lipinski definition) is 1. The Balaban J connectivity index is 2.21. The summed E-state index contributed by atoms with van der Waals surface area (Å²) >= 11 is 5.61. The van der Waals surface area contributed by atoms with E-state index < -0.39 is 5.38 Å². The molecule has 0 aromatic carbocycles. The van der Waals surface area contributed by atoms with Crippen molar-refractivity contribution in [1.29, 1.82) is 0 Å². The first-order chi connectivity index (χ1) is 5.59. The summed E-state index contributed by atoms with van der Waals surface area (Å²) < 4.78 is 0. The molecule has 0 bridgehead atoms. The molecule has 70 valence electrons. The molecule has 0 saturated heterocycles. The van der Waals surface area contributed by atoms with Crippen LogP contribution >= 0.6 is 11.6 Å². The van der Waals surface area contributed by atoms with Crippen molar-refractivity contribution in [3.63, 3.8) is 0 Å². The summed E-state index contributed by atoms with van der Waals surface area (Å²) in [6, 6.07) is 0. The molecular weight excluding hydrogens is 174 g/mol. The van der Waals surface area contributed by atoms with Crippen LogP contribution in [0.4, 0.5) is 0 Å². The number of hydrogen-bond acceptors (Lipinski definition) is 1. The van der Waals surface area contributed by atoms with E-state index in [4.69, 9.17) is 11.6 Å². The van der Waals surface area contributed by atoms with Gasteiger partial charge in [-0.1, -0.05) is 6.92 Å². The molecular formula is C9H16ClNO. The van der Waals surface area contributed by atoms with Crippen LogP contribution in [0.25, 0.3) is 0 Å². The minimum absolute atomic E-state index is 0.0450. The van der Waals surface area contributed by atoms with Gasteiger partial charge in [0.2, 0.25) is 5.91 Å². The number of amides is 1. The molecule has 0 aromatic heterocycles. The lowest BCUT2D eigenvalue weighted by Crippen LogP contribution is -2.34. The average Bonchev–Trinajstić information content (AvgIpc) is 2.81. The Morgan fingerprint density at radius 1 is 1.67 bits per heavy atom. The summed E-state index contributed by atoms with van der Waals surface area (Å²) in [5.74, 6) is -0.0450. The van der Waals surface area contributed by atoms with E-state index in [2.05, 4.69) is 12.2 Å². The lowest BCUT2D eigenvalue weighted by atomic mass is 10.0. The van der Waals surface area contributed by atoms with Gasteiger partial charge in [0.1, 0.15) is 5.38 Å². The predicted molar refractivity (Wildman–Crippen MR) is 50.3 cm³/mol. The van der Waals surface area contributed by atoms with E-state index in [-0.39, 0.29) is 5.91 Å². The molecule has 1 amide bonds. The van der Waals surface area contributed by atoms with Crippen LogP contribution < -0.4 is 5.32 Å². The average molecular weight is 190 g/mol. The van der Waals surface area contributed by atoms with Crippen LogP contribution in [-0.2, 0) is 4.79 Å². The Bertz CT molecular complexity index is 175. The van der Waals surface area contributed by atoms with E-state index in [1.54, 1.807) is 6.92 Å². The van der Waals surface area contributed by atoms with Gasteiger partial charge < -0.3 is 5.32 Å². The highest BCUT2D eigenvalue weighted by Gasteiger charge is 2.40. The van der Waals surface area contributed by atoms with Crippen LogP contribution in [-0.4, -0.2) is 17.8 Å². The van der Waals surface area contributed by atoms with Crippen molar-refractivity contribution in [2.24, 2.45) is 5.41 Å². The fraction of sp³-hybridized carbons (Fsp3) is 0.889. The van der Waals surface area contributed by atoms with Gasteiger partial charge in [0.25, 0.3) is 0 Å². The third-order valence-electron chi connectivity index (χ3n) is 2.71. The second-order valence-electron chi connectivity index (χ2n) is 3.69. The van der Waals surface area contributed by atoms with Crippen molar-refractivity contribution in [3.8, 4) is 0 Å². The molecule has 1 aliphatic carbocycles. The third kappa shape index (κ3) is 2.37. The Labute approximate surface area is 78.7 Å². The minimum Gasteiger partial charge on any atom is -0.354 e. The Kier molecular flexibility index (Phi) is 2.99. The van der Waals surface area contributed by atoms with Crippen molar-refractivity contribution in [2.75, 3.05) is 6.54 Å². The molecule has 1 unspecified atom stereocenters. The molecule has 2 nitrogen and oxygen atoms in total. The fourth-order valence-corrected chi connectivity index (χ4v) is 1.32. The summed E-state index contributed by atoms with van der Waals surface area (Å²) in [5, 5.41) is 2.46. The molecule has 0 aromatic rings. The first-order valence-electron chi connectivity index (χ1n) is 4.51. The molecule has 1 atom stereocenters. The first kappa shape index (κ1) is 9.85. The standard InChI is InChI=1S/C9H16ClNO/c1-3-9(4-5-9)6-11-8(12)7(2)10/h7H,3-6H2,1-2H3,(H,11,12). The molecule has 1 N–H and O–H groups in total. The van der Waals surface area contributed by atoms with Crippen LogP contribution in [0.15, 0.2) is 0 Å². The summed E-state index contributed by atoms with van der Waals surface area (Å²) in [6.45, 7) is 4.67. The molecule has 0 heterocycles. The van der Waals surface area contributed by atoms with Gasteiger partial charge in [0.15, 0.2) is 0 Å². The number of alkyl halides is 1. The smallest absolute Gasteiger partial charge is 0.237 e. The largest absolute Gasteiger partial charge is 0.354 e. The van der Waals surface area contributed by atoms with Gasteiger partial charge in [-0.2, -0.15) is 0 Å². The van der Waals surface area contributed by atoms with Gasteiger partial charge in [-0.05, 0) is 31.6 Å². The quantitative estimate of drug-likeness (QED) is 0.673. The van der Waals surface area contributed by atoms with Gasteiger partial charge in [0, 0.05) is 6.54 Å². The van der Waals surface area contributed by atoms with E-state index in [1.807, 2.05) is 0 Å². The molecule has 0 radical (unpaired) electrons. The van der Waals surface area contributed by atoms with Crippen molar-refractivity contribution in [1.82, 2.24) is 5.32 Å². The summed E-state index contributed by atoms with van der Waals surface area (Å²) in [7, 11) is 0. The summed E-state index contributed by atoms with van der Waals surface area (Å²) in [6.07, 6.45) is 3.66. The van der Waals surface area contributed by atoms with E-state index in [0.717, 1.165) is 13.0 Å². The third-order valence-corrected chi connectivity index (χ3v) is 2.90. The first-order valence-corrected chi connectivity index (χ1v) is 4.95. The molecule has 0 spiro atoms. The zero-order valence-electron chi connectivity index (χ0n) is 7.69. The van der Waals surface area contributed by atoms with Crippen molar-refractivity contribution >= 4 is 17.5 Å². The molecule has 0 aliphatic heterocycles.